The molecule has 2 rings (SSSR count). The van der Waals surface area contributed by atoms with E-state index >= 15 is 0 Å². The van der Waals surface area contributed by atoms with Crippen molar-refractivity contribution in [3.63, 3.8) is 0 Å². The number of nitrogens with one attached hydrogen (secondary N) is 1. The van der Waals surface area contributed by atoms with E-state index in [4.69, 9.17) is 5.11 Å². The molecule has 2 N–H and O–H groups in total. The maximum Gasteiger partial charge on any atom is 0.374 e. The van der Waals surface area contributed by atoms with Crippen LogP contribution in [0.4, 0.5) is 5.82 Å². The van der Waals surface area contributed by atoms with Gasteiger partial charge >= 0.3 is 5.97 Å². The first-order valence-corrected chi connectivity index (χ1v) is 4.97. The quantitative estimate of drug-likeness (QED) is 0.777. The molecule has 2 unspecified atom stereocenters. The van der Waals surface area contributed by atoms with Crippen LogP contribution in [0.3, 0.4) is 0 Å². The standard InChI is InChI=1S/C10H13N3O2/c1-6-4-7(6)5-12-8-2-3-11-9(13-8)10(14)15/h2-3,6-7H,4-5H2,1H3,(H,14,15)(H,11,12,13). The third-order valence-electron chi connectivity index (χ3n) is 2.67. The second-order valence-corrected chi connectivity index (χ2v) is 3.92. The highest BCUT2D eigenvalue weighted by molar-refractivity contribution is 5.83. The molecular formula is C10H13N3O2. The topological polar surface area (TPSA) is 75.1 Å². The molecule has 0 saturated heterocycles. The van der Waals surface area contributed by atoms with E-state index in [1.807, 2.05) is 0 Å². The number of carboxylic acids is 1. The van der Waals surface area contributed by atoms with Crippen molar-refractivity contribution < 1.29 is 9.90 Å². The summed E-state index contributed by atoms with van der Waals surface area (Å²) in [6.45, 7) is 3.06. The van der Waals surface area contributed by atoms with Gasteiger partial charge in [0.05, 0.1) is 0 Å². The third kappa shape index (κ3) is 2.43. The molecule has 80 valence electrons. The Hall–Kier alpha value is -1.65. The number of nitrogens with zero attached hydrogens (tertiary/aromatic N) is 2. The van der Waals surface area contributed by atoms with E-state index in [0.717, 1.165) is 12.5 Å². The van der Waals surface area contributed by atoms with Gasteiger partial charge in [-0.25, -0.2) is 14.8 Å². The molecule has 2 atom stereocenters. The van der Waals surface area contributed by atoms with Crippen molar-refractivity contribution in [3.05, 3.63) is 18.1 Å². The first-order chi connectivity index (χ1) is 7.16. The fourth-order valence-electron chi connectivity index (χ4n) is 1.48. The van der Waals surface area contributed by atoms with E-state index < -0.39 is 5.97 Å². The molecule has 5 nitrogen and oxygen atoms in total. The SMILES string of the molecule is CC1CC1CNc1ccnc(C(=O)O)n1. The van der Waals surface area contributed by atoms with Gasteiger partial charge in [-0.2, -0.15) is 0 Å². The Morgan fingerprint density at radius 2 is 2.47 bits per heavy atom. The average Bonchev–Trinajstić information content (AvgIpc) is 2.92. The lowest BCUT2D eigenvalue weighted by molar-refractivity contribution is 0.0683. The Labute approximate surface area is 87.6 Å². The predicted octanol–water partition coefficient (Wildman–Crippen LogP) is 1.24. The monoisotopic (exact) mass is 207 g/mol. The summed E-state index contributed by atoms with van der Waals surface area (Å²) in [6, 6.07) is 1.68. The maximum atomic E-state index is 10.6. The van der Waals surface area contributed by atoms with Crippen LogP contribution in [-0.4, -0.2) is 27.6 Å². The summed E-state index contributed by atoms with van der Waals surface area (Å²) in [5.74, 6) is 0.801. The van der Waals surface area contributed by atoms with E-state index in [2.05, 4.69) is 22.2 Å². The van der Waals surface area contributed by atoms with Gasteiger partial charge in [-0.15, -0.1) is 0 Å². The minimum Gasteiger partial charge on any atom is -0.475 e. The average molecular weight is 207 g/mol. The van der Waals surface area contributed by atoms with E-state index in [1.165, 1.54) is 12.6 Å². The van der Waals surface area contributed by atoms with E-state index in [9.17, 15) is 4.79 Å². The summed E-state index contributed by atoms with van der Waals surface area (Å²) in [6.07, 6.45) is 2.69. The zero-order chi connectivity index (χ0) is 10.8. The van der Waals surface area contributed by atoms with E-state index in [-0.39, 0.29) is 5.82 Å². The number of hydrogen-bond acceptors (Lipinski definition) is 4. The lowest BCUT2D eigenvalue weighted by Crippen LogP contribution is -2.10. The summed E-state index contributed by atoms with van der Waals surface area (Å²) in [7, 11) is 0. The molecule has 5 heteroatoms. The van der Waals surface area contributed by atoms with Crippen LogP contribution in [0, 0.1) is 11.8 Å². The fraction of sp³-hybridized carbons (Fsp3) is 0.500. The van der Waals surface area contributed by atoms with Crippen molar-refractivity contribution >= 4 is 11.8 Å². The van der Waals surface area contributed by atoms with Gasteiger partial charge in [-0.1, -0.05) is 6.92 Å². The fourth-order valence-corrected chi connectivity index (χ4v) is 1.48. The second-order valence-electron chi connectivity index (χ2n) is 3.92. The molecule has 0 aliphatic heterocycles. The van der Waals surface area contributed by atoms with Crippen LogP contribution >= 0.6 is 0 Å². The van der Waals surface area contributed by atoms with Crippen molar-refractivity contribution in [2.75, 3.05) is 11.9 Å². The van der Waals surface area contributed by atoms with Crippen LogP contribution in [0.2, 0.25) is 0 Å². The van der Waals surface area contributed by atoms with Crippen LogP contribution in [0.25, 0.3) is 0 Å². The van der Waals surface area contributed by atoms with Crippen LogP contribution < -0.4 is 5.32 Å². The Morgan fingerprint density at radius 3 is 3.07 bits per heavy atom. The van der Waals surface area contributed by atoms with E-state index in [1.54, 1.807) is 6.07 Å². The number of hydrogen-bond donors (Lipinski definition) is 2. The van der Waals surface area contributed by atoms with Gasteiger partial charge in [0.25, 0.3) is 0 Å². The summed E-state index contributed by atoms with van der Waals surface area (Å²) >= 11 is 0. The van der Waals surface area contributed by atoms with Crippen molar-refractivity contribution in [2.24, 2.45) is 11.8 Å². The molecule has 0 bridgehead atoms. The Bertz CT molecular complexity index is 381. The number of anilines is 1. The second kappa shape index (κ2) is 3.84. The predicted molar refractivity (Wildman–Crippen MR) is 54.8 cm³/mol. The summed E-state index contributed by atoms with van der Waals surface area (Å²) in [5.41, 5.74) is 0. The van der Waals surface area contributed by atoms with Crippen molar-refractivity contribution in [3.8, 4) is 0 Å². The molecule has 1 heterocycles. The van der Waals surface area contributed by atoms with Crippen molar-refractivity contribution in [1.82, 2.24) is 9.97 Å². The number of rotatable bonds is 4. The van der Waals surface area contributed by atoms with Gasteiger partial charge in [-0.3, -0.25) is 0 Å². The normalized spacial score (nSPS) is 23.5. The van der Waals surface area contributed by atoms with Gasteiger partial charge in [0, 0.05) is 12.7 Å². The molecule has 0 spiro atoms. The number of carbonyl (C=O) groups is 1. The van der Waals surface area contributed by atoms with Gasteiger partial charge in [-0.05, 0) is 24.3 Å². The first-order valence-electron chi connectivity index (χ1n) is 4.97. The number of carboxylic acid groups (broad SMARTS) is 1. The Kier molecular flexibility index (Phi) is 2.53. The zero-order valence-corrected chi connectivity index (χ0v) is 8.47. The van der Waals surface area contributed by atoms with Crippen LogP contribution in [0.1, 0.15) is 24.0 Å². The maximum absolute atomic E-state index is 10.6. The highest BCUT2D eigenvalue weighted by Gasteiger charge is 2.31. The molecular weight excluding hydrogens is 194 g/mol. The summed E-state index contributed by atoms with van der Waals surface area (Å²) in [5, 5.41) is 11.8. The van der Waals surface area contributed by atoms with Crippen LogP contribution in [0.15, 0.2) is 12.3 Å². The van der Waals surface area contributed by atoms with Gasteiger partial charge in [0.2, 0.25) is 5.82 Å². The third-order valence-corrected chi connectivity index (χ3v) is 2.67. The lowest BCUT2D eigenvalue weighted by atomic mass is 10.3. The lowest BCUT2D eigenvalue weighted by Gasteiger charge is -2.04. The Balaban J connectivity index is 1.95. The summed E-state index contributed by atoms with van der Waals surface area (Å²) in [4.78, 5) is 18.1. The van der Waals surface area contributed by atoms with Crippen molar-refractivity contribution in [1.29, 1.82) is 0 Å². The molecule has 0 amide bonds. The van der Waals surface area contributed by atoms with Crippen molar-refractivity contribution in [2.45, 2.75) is 13.3 Å². The van der Waals surface area contributed by atoms with Gasteiger partial charge in [0.15, 0.2) is 0 Å². The first kappa shape index (κ1) is 9.89. The minimum absolute atomic E-state index is 0.163. The molecule has 1 aliphatic rings. The summed E-state index contributed by atoms with van der Waals surface area (Å²) < 4.78 is 0. The molecule has 1 aliphatic carbocycles. The highest BCUT2D eigenvalue weighted by Crippen LogP contribution is 2.37. The number of aromatic nitrogens is 2. The molecule has 1 aromatic heterocycles. The van der Waals surface area contributed by atoms with E-state index in [0.29, 0.717) is 11.7 Å². The van der Waals surface area contributed by atoms with Crippen LogP contribution in [0.5, 0.6) is 0 Å². The largest absolute Gasteiger partial charge is 0.475 e. The molecule has 1 fully saturated rings. The minimum atomic E-state index is -1.10. The molecule has 15 heavy (non-hydrogen) atoms. The molecule has 1 aromatic rings. The number of aromatic carboxylic acids is 1. The van der Waals surface area contributed by atoms with Crippen LogP contribution in [-0.2, 0) is 0 Å². The molecule has 1 saturated carbocycles. The molecule has 0 aromatic carbocycles. The smallest absolute Gasteiger partial charge is 0.374 e. The molecule has 0 radical (unpaired) electrons. The van der Waals surface area contributed by atoms with Gasteiger partial charge < -0.3 is 10.4 Å². The Morgan fingerprint density at radius 1 is 1.73 bits per heavy atom. The zero-order valence-electron chi connectivity index (χ0n) is 8.47. The highest BCUT2D eigenvalue weighted by atomic mass is 16.4. The van der Waals surface area contributed by atoms with Gasteiger partial charge in [0.1, 0.15) is 5.82 Å².